The summed E-state index contributed by atoms with van der Waals surface area (Å²) in [5.41, 5.74) is 4.62. The number of hydrogen-bond donors (Lipinski definition) is 2. The lowest BCUT2D eigenvalue weighted by Gasteiger charge is -2.28. The Labute approximate surface area is 200 Å². The number of fused-ring (bicyclic) bond motifs is 3. The van der Waals surface area contributed by atoms with Crippen LogP contribution in [0.1, 0.15) is 56.6 Å². The highest BCUT2D eigenvalue weighted by molar-refractivity contribution is 5.80. The number of nitrogens with zero attached hydrogens (tertiary/aromatic N) is 1. The maximum atomic E-state index is 12.9. The number of amides is 2. The highest BCUT2D eigenvalue weighted by Crippen LogP contribution is 2.44. The fourth-order valence-electron chi connectivity index (χ4n) is 5.13. The van der Waals surface area contributed by atoms with Gasteiger partial charge in [-0.3, -0.25) is 9.59 Å². The second-order valence-corrected chi connectivity index (χ2v) is 9.51. The summed E-state index contributed by atoms with van der Waals surface area (Å²) in [5, 5.41) is 12.0. The molecule has 0 radical (unpaired) electrons. The van der Waals surface area contributed by atoms with E-state index in [9.17, 15) is 14.4 Å². The molecule has 1 unspecified atom stereocenters. The molecule has 1 fully saturated rings. The van der Waals surface area contributed by atoms with Crippen LogP contribution in [-0.2, 0) is 14.3 Å². The third-order valence-electron chi connectivity index (χ3n) is 6.95. The Morgan fingerprint density at radius 3 is 2.26 bits per heavy atom. The number of rotatable bonds is 8. The third kappa shape index (κ3) is 5.08. The summed E-state index contributed by atoms with van der Waals surface area (Å²) in [7, 11) is 0. The highest BCUT2D eigenvalue weighted by atomic mass is 16.5. The topological polar surface area (TPSA) is 95.9 Å². The molecule has 2 N–H and O–H groups in total. The number of benzene rings is 2. The monoisotopic (exact) mass is 464 g/mol. The van der Waals surface area contributed by atoms with E-state index in [0.717, 1.165) is 17.5 Å². The lowest BCUT2D eigenvalue weighted by Crippen LogP contribution is -2.45. The molecule has 0 saturated carbocycles. The molecule has 0 spiro atoms. The summed E-state index contributed by atoms with van der Waals surface area (Å²) in [6.07, 6.45) is 1.03. The number of nitrogens with one attached hydrogen (secondary N) is 1. The van der Waals surface area contributed by atoms with Crippen molar-refractivity contribution in [1.29, 1.82) is 0 Å². The predicted molar refractivity (Wildman–Crippen MR) is 128 cm³/mol. The van der Waals surface area contributed by atoms with Gasteiger partial charge in [0, 0.05) is 31.0 Å². The first-order valence-corrected chi connectivity index (χ1v) is 12.0. The van der Waals surface area contributed by atoms with E-state index in [1.54, 1.807) is 4.90 Å². The van der Waals surface area contributed by atoms with E-state index in [2.05, 4.69) is 29.6 Å². The van der Waals surface area contributed by atoms with Gasteiger partial charge in [-0.25, -0.2) is 4.79 Å². The molecule has 1 heterocycles. The minimum absolute atomic E-state index is 0.0185. The summed E-state index contributed by atoms with van der Waals surface area (Å²) in [5.74, 6) is -1.04. The van der Waals surface area contributed by atoms with E-state index < -0.39 is 18.1 Å². The number of hydrogen-bond acceptors (Lipinski definition) is 4. The summed E-state index contributed by atoms with van der Waals surface area (Å²) >= 11 is 0. The quantitative estimate of drug-likeness (QED) is 0.604. The SMILES string of the molecule is CC(C)[C@H](CC(=O)N1CCCC1CC(=O)O)NC(=O)OCC1c2ccccc2-c2ccccc21. The Morgan fingerprint density at radius 1 is 1.06 bits per heavy atom. The molecule has 2 amide bonds. The van der Waals surface area contributed by atoms with E-state index in [-0.39, 0.29) is 43.2 Å². The molecule has 2 aliphatic rings. The van der Waals surface area contributed by atoms with Crippen molar-refractivity contribution in [2.45, 2.75) is 57.5 Å². The van der Waals surface area contributed by atoms with Gasteiger partial charge in [0.15, 0.2) is 0 Å². The summed E-state index contributed by atoms with van der Waals surface area (Å²) in [4.78, 5) is 38.4. The molecular weight excluding hydrogens is 432 g/mol. The highest BCUT2D eigenvalue weighted by Gasteiger charge is 2.33. The molecule has 180 valence electrons. The van der Waals surface area contributed by atoms with Crippen LogP contribution >= 0.6 is 0 Å². The van der Waals surface area contributed by atoms with Gasteiger partial charge in [-0.1, -0.05) is 62.4 Å². The molecule has 1 aliphatic carbocycles. The van der Waals surface area contributed by atoms with Crippen molar-refractivity contribution in [3.63, 3.8) is 0 Å². The van der Waals surface area contributed by atoms with Gasteiger partial charge in [0.25, 0.3) is 0 Å². The van der Waals surface area contributed by atoms with Crippen LogP contribution in [0.3, 0.4) is 0 Å². The minimum Gasteiger partial charge on any atom is -0.481 e. The molecule has 1 aliphatic heterocycles. The van der Waals surface area contributed by atoms with Gasteiger partial charge >= 0.3 is 12.1 Å². The van der Waals surface area contributed by atoms with E-state index >= 15 is 0 Å². The second kappa shape index (κ2) is 10.3. The normalized spacial score (nSPS) is 17.9. The minimum atomic E-state index is -0.901. The van der Waals surface area contributed by atoms with Crippen molar-refractivity contribution < 1.29 is 24.2 Å². The van der Waals surface area contributed by atoms with Crippen molar-refractivity contribution in [3.8, 4) is 11.1 Å². The van der Waals surface area contributed by atoms with Crippen LogP contribution in [0.2, 0.25) is 0 Å². The van der Waals surface area contributed by atoms with Crippen molar-refractivity contribution in [2.75, 3.05) is 13.2 Å². The lowest BCUT2D eigenvalue weighted by atomic mass is 9.98. The molecule has 4 rings (SSSR count). The number of ether oxygens (including phenoxy) is 1. The first kappa shape index (κ1) is 23.8. The standard InChI is InChI=1S/C27H32N2O5/c1-17(2)24(15-25(30)29-13-7-8-18(29)14-26(31)32)28-27(33)34-16-23-21-11-5-3-9-19(21)20-10-4-6-12-22(20)23/h3-6,9-12,17-18,23-24H,7-8,13-16H2,1-2H3,(H,28,33)(H,31,32)/t18?,24-/m0/s1. The Morgan fingerprint density at radius 2 is 1.68 bits per heavy atom. The largest absolute Gasteiger partial charge is 0.481 e. The zero-order valence-corrected chi connectivity index (χ0v) is 19.7. The van der Waals surface area contributed by atoms with E-state index in [1.165, 1.54) is 11.1 Å². The van der Waals surface area contributed by atoms with E-state index in [1.807, 2.05) is 38.1 Å². The maximum absolute atomic E-state index is 12.9. The van der Waals surface area contributed by atoms with Crippen LogP contribution < -0.4 is 5.32 Å². The van der Waals surface area contributed by atoms with Crippen LogP contribution in [0.25, 0.3) is 11.1 Å². The fraction of sp³-hybridized carbons (Fsp3) is 0.444. The zero-order chi connectivity index (χ0) is 24.2. The molecule has 0 aromatic heterocycles. The Hall–Kier alpha value is -3.35. The van der Waals surface area contributed by atoms with Gasteiger partial charge in [-0.05, 0) is 41.0 Å². The van der Waals surface area contributed by atoms with Crippen LogP contribution in [0.5, 0.6) is 0 Å². The smallest absolute Gasteiger partial charge is 0.407 e. The van der Waals surface area contributed by atoms with Gasteiger partial charge in [0.05, 0.1) is 6.42 Å². The third-order valence-corrected chi connectivity index (χ3v) is 6.95. The average Bonchev–Trinajstić information content (AvgIpc) is 3.39. The van der Waals surface area contributed by atoms with Gasteiger partial charge in [0.2, 0.25) is 5.91 Å². The molecule has 2 atom stereocenters. The number of aliphatic carboxylic acids is 1. The summed E-state index contributed by atoms with van der Waals surface area (Å²) in [6.45, 7) is 4.67. The average molecular weight is 465 g/mol. The van der Waals surface area contributed by atoms with Gasteiger partial charge in [0.1, 0.15) is 6.61 Å². The van der Waals surface area contributed by atoms with Crippen molar-refractivity contribution in [3.05, 3.63) is 59.7 Å². The Balaban J connectivity index is 1.37. The van der Waals surface area contributed by atoms with Crippen LogP contribution in [0, 0.1) is 5.92 Å². The van der Waals surface area contributed by atoms with Crippen LogP contribution in [0.4, 0.5) is 4.79 Å². The number of carbonyl (C=O) groups excluding carboxylic acids is 2. The summed E-state index contributed by atoms with van der Waals surface area (Å²) < 4.78 is 5.65. The maximum Gasteiger partial charge on any atom is 0.407 e. The lowest BCUT2D eigenvalue weighted by molar-refractivity contribution is -0.140. The van der Waals surface area contributed by atoms with Crippen molar-refractivity contribution in [1.82, 2.24) is 10.2 Å². The van der Waals surface area contributed by atoms with Gasteiger partial charge in [-0.2, -0.15) is 0 Å². The van der Waals surface area contributed by atoms with Crippen LogP contribution in [-0.4, -0.2) is 53.2 Å². The number of carboxylic acids is 1. The first-order chi connectivity index (χ1) is 16.3. The fourth-order valence-corrected chi connectivity index (χ4v) is 5.13. The molecule has 2 aromatic carbocycles. The number of carboxylic acid groups (broad SMARTS) is 1. The molecular formula is C27H32N2O5. The number of likely N-dealkylation sites (tertiary alicyclic amines) is 1. The van der Waals surface area contributed by atoms with E-state index in [4.69, 9.17) is 9.84 Å². The molecule has 0 bridgehead atoms. The molecule has 7 nitrogen and oxygen atoms in total. The summed E-state index contributed by atoms with van der Waals surface area (Å²) in [6, 6.07) is 15.7. The van der Waals surface area contributed by atoms with Gasteiger partial charge < -0.3 is 20.1 Å². The molecule has 2 aromatic rings. The van der Waals surface area contributed by atoms with Crippen molar-refractivity contribution >= 4 is 18.0 Å². The molecule has 34 heavy (non-hydrogen) atoms. The predicted octanol–water partition coefficient (Wildman–Crippen LogP) is 4.41. The molecule has 1 saturated heterocycles. The van der Waals surface area contributed by atoms with E-state index in [0.29, 0.717) is 13.0 Å². The second-order valence-electron chi connectivity index (χ2n) is 9.51. The number of alkyl carbamates (subject to hydrolysis) is 1. The zero-order valence-electron chi connectivity index (χ0n) is 19.7. The molecule has 7 heteroatoms. The van der Waals surface area contributed by atoms with Gasteiger partial charge in [-0.15, -0.1) is 0 Å². The van der Waals surface area contributed by atoms with Crippen molar-refractivity contribution in [2.24, 2.45) is 5.92 Å². The number of carbonyl (C=O) groups is 3. The Bertz CT molecular complexity index is 1020. The Kier molecular flexibility index (Phi) is 7.20. The van der Waals surface area contributed by atoms with Crippen LogP contribution in [0.15, 0.2) is 48.5 Å². The first-order valence-electron chi connectivity index (χ1n) is 12.0.